The zero-order valence-corrected chi connectivity index (χ0v) is 8.62. The van der Waals surface area contributed by atoms with Crippen molar-refractivity contribution in [1.29, 1.82) is 0 Å². The first-order valence-electron chi connectivity index (χ1n) is 4.37. The van der Waals surface area contributed by atoms with Crippen LogP contribution < -0.4 is 5.73 Å². The van der Waals surface area contributed by atoms with Crippen LogP contribution in [0.3, 0.4) is 0 Å². The molecule has 1 unspecified atom stereocenters. The summed E-state index contributed by atoms with van der Waals surface area (Å²) in [4.78, 5) is 4.27. The summed E-state index contributed by atoms with van der Waals surface area (Å²) in [6.07, 6.45) is 0. The van der Waals surface area contributed by atoms with E-state index < -0.39 is 0 Å². The van der Waals surface area contributed by atoms with Gasteiger partial charge in [-0.3, -0.25) is 0 Å². The van der Waals surface area contributed by atoms with Crippen LogP contribution in [-0.2, 0) is 0 Å². The molecule has 2 rings (SSSR count). The Morgan fingerprint density at radius 1 is 1.64 bits per heavy atom. The van der Waals surface area contributed by atoms with Crippen LogP contribution in [0.4, 0.5) is 0 Å². The molecule has 74 valence electrons. The molecule has 4 nitrogen and oxygen atoms in total. The lowest BCUT2D eigenvalue weighted by Gasteiger charge is -1.98. The molecule has 0 aliphatic heterocycles. The minimum Gasteiger partial charge on any atom is -0.334 e. The molecule has 2 N–H and O–H groups in total. The molecule has 14 heavy (non-hydrogen) atoms. The van der Waals surface area contributed by atoms with Crippen molar-refractivity contribution >= 4 is 11.3 Å². The fraction of sp³-hybridized carbons (Fsp3) is 0.333. The lowest BCUT2D eigenvalue weighted by Crippen LogP contribution is -2.10. The smallest absolute Gasteiger partial charge is 0.258 e. The van der Waals surface area contributed by atoms with Crippen molar-refractivity contribution in [3.05, 3.63) is 22.7 Å². The summed E-state index contributed by atoms with van der Waals surface area (Å²) in [6, 6.07) is 1.95. The van der Waals surface area contributed by atoms with Crippen LogP contribution in [0.2, 0.25) is 0 Å². The van der Waals surface area contributed by atoms with Crippen molar-refractivity contribution in [3.8, 4) is 11.5 Å². The van der Waals surface area contributed by atoms with Crippen LogP contribution >= 0.6 is 11.3 Å². The van der Waals surface area contributed by atoms with Crippen LogP contribution in [0, 0.1) is 0 Å². The third-order valence-electron chi connectivity index (χ3n) is 2.00. The summed E-state index contributed by atoms with van der Waals surface area (Å²) in [7, 11) is 0. The van der Waals surface area contributed by atoms with Crippen molar-refractivity contribution in [2.24, 2.45) is 5.73 Å². The van der Waals surface area contributed by atoms with Gasteiger partial charge >= 0.3 is 0 Å². The molecule has 0 fully saturated rings. The molecule has 0 radical (unpaired) electrons. The Labute approximate surface area is 85.7 Å². The summed E-state index contributed by atoms with van der Waals surface area (Å²) in [5.41, 5.74) is 6.48. The second-order valence-electron chi connectivity index (χ2n) is 3.11. The number of thiophene rings is 1. The maximum absolute atomic E-state index is 5.51. The lowest BCUT2D eigenvalue weighted by atomic mass is 10.2. The minimum atomic E-state index is 0.145. The SMILES string of the molecule is CC(CN)c1noc(-c2ccsc2)n1. The fourth-order valence-electron chi connectivity index (χ4n) is 1.04. The molecule has 0 aromatic carbocycles. The number of nitrogens with zero attached hydrogens (tertiary/aromatic N) is 2. The zero-order chi connectivity index (χ0) is 9.97. The topological polar surface area (TPSA) is 64.9 Å². The monoisotopic (exact) mass is 209 g/mol. The molecule has 0 saturated heterocycles. The van der Waals surface area contributed by atoms with Crippen LogP contribution in [0.1, 0.15) is 18.7 Å². The lowest BCUT2D eigenvalue weighted by molar-refractivity contribution is 0.418. The second kappa shape index (κ2) is 3.89. The highest BCUT2D eigenvalue weighted by molar-refractivity contribution is 7.08. The second-order valence-corrected chi connectivity index (χ2v) is 3.89. The molecule has 0 aliphatic carbocycles. The zero-order valence-electron chi connectivity index (χ0n) is 7.80. The maximum atomic E-state index is 5.51. The largest absolute Gasteiger partial charge is 0.334 e. The quantitative estimate of drug-likeness (QED) is 0.838. The molecule has 2 heterocycles. The van der Waals surface area contributed by atoms with Crippen molar-refractivity contribution in [3.63, 3.8) is 0 Å². The van der Waals surface area contributed by atoms with E-state index in [2.05, 4.69) is 10.1 Å². The molecule has 2 aromatic heterocycles. The van der Waals surface area contributed by atoms with Crippen molar-refractivity contribution in [2.45, 2.75) is 12.8 Å². The molecular formula is C9H11N3OS. The first-order valence-corrected chi connectivity index (χ1v) is 5.31. The third-order valence-corrected chi connectivity index (χ3v) is 2.69. The molecule has 0 amide bonds. The highest BCUT2D eigenvalue weighted by Crippen LogP contribution is 2.21. The standard InChI is InChI=1S/C9H11N3OS/c1-6(4-10)8-11-9(13-12-8)7-2-3-14-5-7/h2-3,5-6H,4,10H2,1H3. The normalized spacial score (nSPS) is 13.0. The Kier molecular flexibility index (Phi) is 2.60. The summed E-state index contributed by atoms with van der Waals surface area (Å²) in [6.45, 7) is 2.50. The number of rotatable bonds is 3. The summed E-state index contributed by atoms with van der Waals surface area (Å²) in [5.74, 6) is 1.39. The van der Waals surface area contributed by atoms with Gasteiger partial charge in [0.05, 0.1) is 5.56 Å². The Balaban J connectivity index is 2.26. The van der Waals surface area contributed by atoms with Crippen molar-refractivity contribution in [2.75, 3.05) is 6.54 Å². The number of aromatic nitrogens is 2. The Morgan fingerprint density at radius 2 is 2.50 bits per heavy atom. The predicted molar refractivity (Wildman–Crippen MR) is 55.1 cm³/mol. The molecule has 0 aliphatic rings. The first-order chi connectivity index (χ1) is 6.81. The van der Waals surface area contributed by atoms with Gasteiger partial charge in [-0.2, -0.15) is 16.3 Å². The van der Waals surface area contributed by atoms with E-state index in [0.717, 1.165) is 5.56 Å². The molecule has 5 heteroatoms. The van der Waals surface area contributed by atoms with E-state index in [4.69, 9.17) is 10.3 Å². The van der Waals surface area contributed by atoms with Gasteiger partial charge in [0.2, 0.25) is 0 Å². The van der Waals surface area contributed by atoms with E-state index in [9.17, 15) is 0 Å². The van der Waals surface area contributed by atoms with E-state index in [1.807, 2.05) is 23.8 Å². The highest BCUT2D eigenvalue weighted by Gasteiger charge is 2.13. The van der Waals surface area contributed by atoms with Gasteiger partial charge in [0.25, 0.3) is 5.89 Å². The average molecular weight is 209 g/mol. The van der Waals surface area contributed by atoms with Crippen LogP contribution in [0.15, 0.2) is 21.3 Å². The molecule has 0 saturated carbocycles. The van der Waals surface area contributed by atoms with Gasteiger partial charge in [0, 0.05) is 17.8 Å². The van der Waals surface area contributed by atoms with Crippen molar-refractivity contribution in [1.82, 2.24) is 10.1 Å². The molecule has 0 spiro atoms. The van der Waals surface area contributed by atoms with Gasteiger partial charge in [-0.05, 0) is 11.4 Å². The predicted octanol–water partition coefficient (Wildman–Crippen LogP) is 1.86. The summed E-state index contributed by atoms with van der Waals surface area (Å²) < 4.78 is 5.12. The van der Waals surface area contributed by atoms with Crippen LogP contribution in [0.25, 0.3) is 11.5 Å². The Hall–Kier alpha value is -1.20. The molecule has 1 atom stereocenters. The van der Waals surface area contributed by atoms with E-state index >= 15 is 0 Å². The van der Waals surface area contributed by atoms with Gasteiger partial charge in [0.1, 0.15) is 0 Å². The van der Waals surface area contributed by atoms with Gasteiger partial charge in [0.15, 0.2) is 5.82 Å². The maximum Gasteiger partial charge on any atom is 0.258 e. The molecular weight excluding hydrogens is 198 g/mol. The van der Waals surface area contributed by atoms with Gasteiger partial charge in [-0.1, -0.05) is 12.1 Å². The van der Waals surface area contributed by atoms with E-state index in [1.165, 1.54) is 0 Å². The van der Waals surface area contributed by atoms with E-state index in [1.54, 1.807) is 11.3 Å². The Bertz CT molecular complexity index is 396. The van der Waals surface area contributed by atoms with Crippen LogP contribution in [0.5, 0.6) is 0 Å². The number of hydrogen-bond acceptors (Lipinski definition) is 5. The molecule has 0 bridgehead atoms. The van der Waals surface area contributed by atoms with E-state index in [-0.39, 0.29) is 5.92 Å². The highest BCUT2D eigenvalue weighted by atomic mass is 32.1. The average Bonchev–Trinajstić information content (AvgIpc) is 2.86. The summed E-state index contributed by atoms with van der Waals surface area (Å²) in [5, 5.41) is 7.84. The minimum absolute atomic E-state index is 0.145. The van der Waals surface area contributed by atoms with Crippen LogP contribution in [-0.4, -0.2) is 16.7 Å². The van der Waals surface area contributed by atoms with E-state index in [0.29, 0.717) is 18.3 Å². The third kappa shape index (κ3) is 1.69. The van der Waals surface area contributed by atoms with Crippen molar-refractivity contribution < 1.29 is 4.52 Å². The first kappa shape index (κ1) is 9.36. The Morgan fingerprint density at radius 3 is 3.14 bits per heavy atom. The fourth-order valence-corrected chi connectivity index (χ4v) is 1.67. The van der Waals surface area contributed by atoms with Gasteiger partial charge in [-0.25, -0.2) is 0 Å². The molecule has 2 aromatic rings. The summed E-state index contributed by atoms with van der Waals surface area (Å²) >= 11 is 1.61. The number of hydrogen-bond donors (Lipinski definition) is 1. The number of nitrogens with two attached hydrogens (primary N) is 1. The van der Waals surface area contributed by atoms with Gasteiger partial charge < -0.3 is 10.3 Å². The van der Waals surface area contributed by atoms with Gasteiger partial charge in [-0.15, -0.1) is 0 Å².